The number of nitrogens with zero attached hydrogens (tertiary/aromatic N) is 1. The van der Waals surface area contributed by atoms with Crippen molar-refractivity contribution < 1.29 is 14.3 Å². The monoisotopic (exact) mass is 270 g/mol. The van der Waals surface area contributed by atoms with E-state index in [1.165, 1.54) is 0 Å². The maximum absolute atomic E-state index is 12.6. The molecule has 1 fully saturated rings. The molecule has 0 bridgehead atoms. The minimum absolute atomic E-state index is 0.0281. The van der Waals surface area contributed by atoms with Gasteiger partial charge in [-0.2, -0.15) is 0 Å². The quantitative estimate of drug-likeness (QED) is 0.741. The first-order valence-electron chi connectivity index (χ1n) is 7.02. The zero-order valence-electron chi connectivity index (χ0n) is 12.7. The van der Waals surface area contributed by atoms with Crippen molar-refractivity contribution in [3.63, 3.8) is 0 Å². The van der Waals surface area contributed by atoms with Crippen molar-refractivity contribution in [3.05, 3.63) is 0 Å². The number of ether oxygens (including phenoxy) is 1. The van der Waals surface area contributed by atoms with Gasteiger partial charge in [-0.15, -0.1) is 0 Å². The second-order valence-corrected chi connectivity index (χ2v) is 5.77. The number of amides is 2. The number of piperazine rings is 1. The average molecular weight is 270 g/mol. The van der Waals surface area contributed by atoms with Crippen molar-refractivity contribution in [3.8, 4) is 0 Å². The van der Waals surface area contributed by atoms with E-state index in [1.807, 2.05) is 13.8 Å². The van der Waals surface area contributed by atoms with Crippen LogP contribution < -0.4 is 5.32 Å². The number of hydrogen-bond acceptors (Lipinski definition) is 3. The molecule has 1 atom stereocenters. The molecule has 0 aromatic carbocycles. The molecule has 5 heteroatoms. The van der Waals surface area contributed by atoms with Gasteiger partial charge < -0.3 is 15.0 Å². The molecule has 2 amide bonds. The molecule has 0 aromatic heterocycles. The van der Waals surface area contributed by atoms with Crippen molar-refractivity contribution >= 4 is 11.8 Å². The van der Waals surface area contributed by atoms with Gasteiger partial charge in [0.2, 0.25) is 11.8 Å². The van der Waals surface area contributed by atoms with Crippen molar-refractivity contribution in [1.29, 1.82) is 0 Å². The molecule has 0 aliphatic carbocycles. The Morgan fingerprint density at radius 1 is 1.16 bits per heavy atom. The van der Waals surface area contributed by atoms with Crippen LogP contribution in [-0.2, 0) is 14.3 Å². The highest BCUT2D eigenvalue weighted by Crippen LogP contribution is 2.27. The van der Waals surface area contributed by atoms with E-state index in [9.17, 15) is 9.59 Å². The second kappa shape index (κ2) is 5.90. The van der Waals surface area contributed by atoms with Gasteiger partial charge in [-0.1, -0.05) is 13.8 Å². The Kier molecular flexibility index (Phi) is 4.96. The Bertz CT molecular complexity index is 355. The lowest BCUT2D eigenvalue weighted by molar-refractivity contribution is -0.161. The normalized spacial score (nSPS) is 26.5. The van der Waals surface area contributed by atoms with Crippen LogP contribution in [0.25, 0.3) is 0 Å². The lowest BCUT2D eigenvalue weighted by atomic mass is 9.87. The Hall–Kier alpha value is -1.10. The summed E-state index contributed by atoms with van der Waals surface area (Å²) in [7, 11) is 0. The maximum atomic E-state index is 12.6. The number of hydrogen-bond donors (Lipinski definition) is 1. The predicted molar refractivity (Wildman–Crippen MR) is 73.7 cm³/mol. The summed E-state index contributed by atoms with van der Waals surface area (Å²) >= 11 is 0. The van der Waals surface area contributed by atoms with E-state index in [2.05, 4.69) is 5.32 Å². The van der Waals surface area contributed by atoms with Gasteiger partial charge in [0.05, 0.1) is 6.61 Å². The summed E-state index contributed by atoms with van der Waals surface area (Å²) in [6.45, 7) is 10.9. The van der Waals surface area contributed by atoms with Gasteiger partial charge in [-0.05, 0) is 33.6 Å². The Balaban J connectivity index is 2.82. The molecule has 1 aliphatic rings. The van der Waals surface area contributed by atoms with Gasteiger partial charge in [-0.3, -0.25) is 9.59 Å². The highest BCUT2D eigenvalue weighted by atomic mass is 16.5. The van der Waals surface area contributed by atoms with Crippen LogP contribution in [-0.4, -0.2) is 47.6 Å². The topological polar surface area (TPSA) is 58.6 Å². The third-order valence-corrected chi connectivity index (χ3v) is 3.85. The molecule has 1 rings (SSSR count). The highest BCUT2D eigenvalue weighted by molar-refractivity contribution is 6.01. The fourth-order valence-corrected chi connectivity index (χ4v) is 2.15. The highest BCUT2D eigenvalue weighted by Gasteiger charge is 2.51. The van der Waals surface area contributed by atoms with E-state index in [-0.39, 0.29) is 11.8 Å². The molecular formula is C14H26N2O3. The zero-order chi connectivity index (χ0) is 14.7. The number of rotatable bonds is 6. The Morgan fingerprint density at radius 3 is 2.32 bits per heavy atom. The van der Waals surface area contributed by atoms with E-state index < -0.39 is 11.1 Å². The van der Waals surface area contributed by atoms with Crippen LogP contribution in [0.15, 0.2) is 0 Å². The van der Waals surface area contributed by atoms with Gasteiger partial charge in [0.15, 0.2) is 0 Å². The smallest absolute Gasteiger partial charge is 0.248 e. The third-order valence-electron chi connectivity index (χ3n) is 3.85. The van der Waals surface area contributed by atoms with Gasteiger partial charge in [0, 0.05) is 13.2 Å². The van der Waals surface area contributed by atoms with Crippen LogP contribution in [0, 0.1) is 0 Å². The third kappa shape index (κ3) is 3.08. The molecule has 19 heavy (non-hydrogen) atoms. The van der Waals surface area contributed by atoms with Crippen molar-refractivity contribution in [1.82, 2.24) is 10.2 Å². The minimum atomic E-state index is -0.818. The van der Waals surface area contributed by atoms with Crippen LogP contribution in [0.1, 0.15) is 47.5 Å². The fourth-order valence-electron chi connectivity index (χ4n) is 2.15. The molecule has 110 valence electrons. The number of carbonyl (C=O) groups excluding carboxylic acids is 2. The largest absolute Gasteiger partial charge is 0.380 e. The van der Waals surface area contributed by atoms with Crippen molar-refractivity contribution in [2.45, 2.75) is 58.5 Å². The molecule has 0 aromatic rings. The Labute approximate surface area is 115 Å². The lowest BCUT2D eigenvalue weighted by Crippen LogP contribution is -2.73. The molecule has 1 unspecified atom stereocenters. The number of carbonyl (C=O) groups is 2. The molecule has 0 spiro atoms. The molecule has 1 N–H and O–H groups in total. The van der Waals surface area contributed by atoms with Crippen LogP contribution in [0.5, 0.6) is 0 Å². The molecular weight excluding hydrogens is 244 g/mol. The van der Waals surface area contributed by atoms with Crippen LogP contribution in [0.3, 0.4) is 0 Å². The van der Waals surface area contributed by atoms with Crippen LogP contribution in [0.2, 0.25) is 0 Å². The summed E-state index contributed by atoms with van der Waals surface area (Å²) in [5.41, 5.74) is -1.61. The minimum Gasteiger partial charge on any atom is -0.380 e. The van der Waals surface area contributed by atoms with Gasteiger partial charge in [-0.25, -0.2) is 0 Å². The summed E-state index contributed by atoms with van der Waals surface area (Å²) < 4.78 is 5.44. The first kappa shape index (κ1) is 16.0. The van der Waals surface area contributed by atoms with Gasteiger partial charge in [0.1, 0.15) is 11.1 Å². The summed E-state index contributed by atoms with van der Waals surface area (Å²) in [4.78, 5) is 26.4. The first-order valence-corrected chi connectivity index (χ1v) is 7.02. The molecule has 0 radical (unpaired) electrons. The SMILES string of the molecule is CCCOCCN1C(=O)C(C)(CC)NC(=O)C1(C)C. The predicted octanol–water partition coefficient (Wildman–Crippen LogP) is 1.32. The second-order valence-electron chi connectivity index (χ2n) is 5.77. The van der Waals surface area contributed by atoms with E-state index in [0.29, 0.717) is 26.2 Å². The molecule has 5 nitrogen and oxygen atoms in total. The van der Waals surface area contributed by atoms with Crippen molar-refractivity contribution in [2.75, 3.05) is 19.8 Å². The van der Waals surface area contributed by atoms with Gasteiger partial charge in [0.25, 0.3) is 0 Å². The number of nitrogens with one attached hydrogen (secondary N) is 1. The fraction of sp³-hybridized carbons (Fsp3) is 0.857. The summed E-state index contributed by atoms with van der Waals surface area (Å²) in [5, 5.41) is 2.84. The molecule has 1 saturated heterocycles. The lowest BCUT2D eigenvalue weighted by Gasteiger charge is -2.48. The van der Waals surface area contributed by atoms with Gasteiger partial charge >= 0.3 is 0 Å². The summed E-state index contributed by atoms with van der Waals surface area (Å²) in [6, 6.07) is 0. The maximum Gasteiger partial charge on any atom is 0.248 e. The summed E-state index contributed by atoms with van der Waals surface area (Å²) in [5.74, 6) is -0.133. The summed E-state index contributed by atoms with van der Waals surface area (Å²) in [6.07, 6.45) is 1.53. The average Bonchev–Trinajstić information content (AvgIpc) is 2.36. The molecule has 0 saturated carbocycles. The first-order chi connectivity index (χ1) is 8.79. The zero-order valence-corrected chi connectivity index (χ0v) is 12.7. The van der Waals surface area contributed by atoms with Crippen molar-refractivity contribution in [2.24, 2.45) is 0 Å². The molecule has 1 heterocycles. The molecule has 1 aliphatic heterocycles. The van der Waals surface area contributed by atoms with E-state index >= 15 is 0 Å². The van der Waals surface area contributed by atoms with E-state index in [0.717, 1.165) is 6.42 Å². The van der Waals surface area contributed by atoms with E-state index in [4.69, 9.17) is 4.74 Å². The van der Waals surface area contributed by atoms with E-state index in [1.54, 1.807) is 25.7 Å². The van der Waals surface area contributed by atoms with Crippen LogP contribution in [0.4, 0.5) is 0 Å². The Morgan fingerprint density at radius 2 is 1.79 bits per heavy atom. The standard InChI is InChI=1S/C14H26N2O3/c1-6-9-19-10-8-16-12(18)14(5,7-2)15-11(17)13(16,3)4/h6-10H2,1-5H3,(H,15,17). The van der Waals surface area contributed by atoms with Crippen LogP contribution >= 0.6 is 0 Å².